The minimum Gasteiger partial charge on any atom is -0.494 e. The highest BCUT2D eigenvalue weighted by atomic mass is 32.1. The predicted molar refractivity (Wildman–Crippen MR) is 110 cm³/mol. The summed E-state index contributed by atoms with van der Waals surface area (Å²) in [5, 5.41) is 0. The van der Waals surface area contributed by atoms with Crippen molar-refractivity contribution in [3.63, 3.8) is 0 Å². The van der Waals surface area contributed by atoms with Gasteiger partial charge < -0.3 is 18.8 Å². The molecule has 0 saturated heterocycles. The van der Waals surface area contributed by atoms with Crippen molar-refractivity contribution >= 4 is 27.5 Å². The lowest BCUT2D eigenvalue weighted by molar-refractivity contribution is 0.0997. The van der Waals surface area contributed by atoms with Crippen LogP contribution >= 0.6 is 11.3 Å². The summed E-state index contributed by atoms with van der Waals surface area (Å²) >= 11 is 1.46. The maximum absolute atomic E-state index is 12.7. The van der Waals surface area contributed by atoms with Crippen LogP contribution in [-0.4, -0.2) is 37.4 Å². The van der Waals surface area contributed by atoms with Crippen LogP contribution in [0.4, 0.5) is 0 Å². The van der Waals surface area contributed by atoms with E-state index in [-0.39, 0.29) is 5.91 Å². The van der Waals surface area contributed by atoms with Crippen molar-refractivity contribution in [2.75, 3.05) is 26.9 Å². The molecule has 1 heterocycles. The smallest absolute Gasteiger partial charge is 0.279 e. The Kier molecular flexibility index (Phi) is 6.84. The molecular formula is C21H24N2O4S. The molecule has 1 amide bonds. The fourth-order valence-electron chi connectivity index (χ4n) is 2.81. The van der Waals surface area contributed by atoms with E-state index in [4.69, 9.17) is 14.2 Å². The number of carbonyl (C=O) groups excluding carboxylic acids is 1. The molecule has 7 heteroatoms. The van der Waals surface area contributed by atoms with Crippen LogP contribution in [0, 0.1) is 0 Å². The van der Waals surface area contributed by atoms with Crippen LogP contribution in [0.25, 0.3) is 10.2 Å². The Morgan fingerprint density at radius 2 is 1.71 bits per heavy atom. The van der Waals surface area contributed by atoms with Crippen molar-refractivity contribution < 1.29 is 19.0 Å². The summed E-state index contributed by atoms with van der Waals surface area (Å²) < 4.78 is 19.3. The van der Waals surface area contributed by atoms with Crippen molar-refractivity contribution in [3.05, 3.63) is 52.8 Å². The zero-order valence-corrected chi connectivity index (χ0v) is 17.1. The number of rotatable bonds is 8. The number of benzene rings is 2. The number of ether oxygens (including phenoxy) is 3. The van der Waals surface area contributed by atoms with E-state index in [0.717, 1.165) is 21.7 Å². The maximum atomic E-state index is 12.7. The van der Waals surface area contributed by atoms with Gasteiger partial charge in [-0.25, -0.2) is 0 Å². The molecule has 3 rings (SSSR count). The fraction of sp³-hybridized carbons (Fsp3) is 0.333. The highest BCUT2D eigenvalue weighted by Crippen LogP contribution is 2.23. The second-order valence-corrected chi connectivity index (χ2v) is 6.98. The Morgan fingerprint density at radius 1 is 1.04 bits per heavy atom. The molecule has 6 nitrogen and oxygen atoms in total. The molecule has 0 N–H and O–H groups in total. The topological polar surface area (TPSA) is 62.0 Å². The van der Waals surface area contributed by atoms with Crippen LogP contribution in [0.2, 0.25) is 0 Å². The standard InChI is InChI=1S/C21H24N2O4S/c1-4-26-16-8-6-15(7-9-16)20(24)22-21-23(12-13-25-3)18-11-10-17(27-5-2)14-19(18)28-21/h6-11,14H,4-5,12-13H2,1-3H3. The second kappa shape index (κ2) is 9.52. The van der Waals surface area contributed by atoms with Gasteiger partial charge in [0, 0.05) is 19.2 Å². The third-order valence-corrected chi connectivity index (χ3v) is 5.13. The van der Waals surface area contributed by atoms with E-state index < -0.39 is 0 Å². The maximum Gasteiger partial charge on any atom is 0.279 e. The zero-order valence-electron chi connectivity index (χ0n) is 16.3. The molecule has 0 saturated carbocycles. The first-order chi connectivity index (χ1) is 13.7. The van der Waals surface area contributed by atoms with Gasteiger partial charge in [0.05, 0.1) is 30.0 Å². The van der Waals surface area contributed by atoms with Crippen molar-refractivity contribution in [2.24, 2.45) is 4.99 Å². The zero-order chi connectivity index (χ0) is 19.9. The molecule has 3 aromatic rings. The molecule has 2 aromatic carbocycles. The summed E-state index contributed by atoms with van der Waals surface area (Å²) in [5.41, 5.74) is 1.53. The fourth-order valence-corrected chi connectivity index (χ4v) is 3.89. The van der Waals surface area contributed by atoms with E-state index in [1.165, 1.54) is 11.3 Å². The average Bonchev–Trinajstić information content (AvgIpc) is 3.03. The lowest BCUT2D eigenvalue weighted by Gasteiger charge is -2.06. The van der Waals surface area contributed by atoms with Gasteiger partial charge in [-0.05, 0) is 56.3 Å². The van der Waals surface area contributed by atoms with E-state index in [1.807, 2.05) is 36.6 Å². The van der Waals surface area contributed by atoms with Gasteiger partial charge in [0.15, 0.2) is 4.80 Å². The Balaban J connectivity index is 1.99. The molecule has 1 aromatic heterocycles. The largest absolute Gasteiger partial charge is 0.494 e. The third-order valence-electron chi connectivity index (χ3n) is 4.09. The molecule has 0 bridgehead atoms. The van der Waals surface area contributed by atoms with Crippen molar-refractivity contribution in [2.45, 2.75) is 20.4 Å². The Bertz CT molecular complexity index is 1010. The highest BCUT2D eigenvalue weighted by Gasteiger charge is 2.10. The number of fused-ring (bicyclic) bond motifs is 1. The summed E-state index contributed by atoms with van der Waals surface area (Å²) in [7, 11) is 1.66. The Labute approximate surface area is 168 Å². The lowest BCUT2D eigenvalue weighted by atomic mass is 10.2. The van der Waals surface area contributed by atoms with Crippen molar-refractivity contribution in [1.82, 2.24) is 4.57 Å². The quantitative estimate of drug-likeness (QED) is 0.576. The van der Waals surface area contributed by atoms with Gasteiger partial charge in [0.2, 0.25) is 0 Å². The van der Waals surface area contributed by atoms with Gasteiger partial charge in [-0.1, -0.05) is 11.3 Å². The van der Waals surface area contributed by atoms with Crippen LogP contribution in [-0.2, 0) is 11.3 Å². The molecule has 0 aliphatic rings. The minimum absolute atomic E-state index is 0.286. The molecule has 0 atom stereocenters. The van der Waals surface area contributed by atoms with Gasteiger partial charge in [-0.2, -0.15) is 4.99 Å². The Hall–Kier alpha value is -2.64. The summed E-state index contributed by atoms with van der Waals surface area (Å²) in [6.45, 7) is 6.21. The van der Waals surface area contributed by atoms with E-state index in [9.17, 15) is 4.79 Å². The first-order valence-corrected chi connectivity index (χ1v) is 10.0. The first kappa shape index (κ1) is 20.1. The summed E-state index contributed by atoms with van der Waals surface area (Å²) in [6.07, 6.45) is 0. The molecular weight excluding hydrogens is 376 g/mol. The third kappa shape index (κ3) is 4.61. The van der Waals surface area contributed by atoms with E-state index >= 15 is 0 Å². The minimum atomic E-state index is -0.286. The molecule has 0 spiro atoms. The second-order valence-electron chi connectivity index (χ2n) is 5.97. The van der Waals surface area contributed by atoms with Crippen LogP contribution < -0.4 is 14.3 Å². The molecule has 0 aliphatic heterocycles. The number of nitrogens with zero attached hydrogens (tertiary/aromatic N) is 2. The molecule has 28 heavy (non-hydrogen) atoms. The molecule has 0 fully saturated rings. The van der Waals surface area contributed by atoms with Crippen molar-refractivity contribution in [1.29, 1.82) is 0 Å². The molecule has 0 unspecified atom stereocenters. The summed E-state index contributed by atoms with van der Waals surface area (Å²) in [6, 6.07) is 12.9. The van der Waals surface area contributed by atoms with E-state index in [2.05, 4.69) is 4.99 Å². The van der Waals surface area contributed by atoms with Crippen LogP contribution in [0.3, 0.4) is 0 Å². The monoisotopic (exact) mass is 400 g/mol. The van der Waals surface area contributed by atoms with Crippen LogP contribution in [0.15, 0.2) is 47.5 Å². The lowest BCUT2D eigenvalue weighted by Crippen LogP contribution is -2.19. The van der Waals surface area contributed by atoms with Gasteiger partial charge >= 0.3 is 0 Å². The molecule has 0 radical (unpaired) electrons. The van der Waals surface area contributed by atoms with E-state index in [1.54, 1.807) is 31.4 Å². The highest BCUT2D eigenvalue weighted by molar-refractivity contribution is 7.16. The molecule has 148 valence electrons. The first-order valence-electron chi connectivity index (χ1n) is 9.23. The number of methoxy groups -OCH3 is 1. The summed E-state index contributed by atoms with van der Waals surface area (Å²) in [5.74, 6) is 1.25. The van der Waals surface area contributed by atoms with Crippen LogP contribution in [0.1, 0.15) is 24.2 Å². The number of hydrogen-bond donors (Lipinski definition) is 0. The predicted octanol–water partition coefficient (Wildman–Crippen LogP) is 3.89. The number of carbonyl (C=O) groups is 1. The number of hydrogen-bond acceptors (Lipinski definition) is 5. The van der Waals surface area contributed by atoms with Crippen LogP contribution in [0.5, 0.6) is 11.5 Å². The average molecular weight is 401 g/mol. The number of amides is 1. The molecule has 0 aliphatic carbocycles. The summed E-state index contributed by atoms with van der Waals surface area (Å²) in [4.78, 5) is 17.7. The number of aromatic nitrogens is 1. The normalized spacial score (nSPS) is 11.8. The SMILES string of the molecule is CCOc1ccc(C(=O)N=c2sc3cc(OCC)ccc3n2CCOC)cc1. The van der Waals surface area contributed by atoms with Gasteiger partial charge in [-0.15, -0.1) is 0 Å². The van der Waals surface area contributed by atoms with Gasteiger partial charge in [0.25, 0.3) is 5.91 Å². The van der Waals surface area contributed by atoms with Crippen molar-refractivity contribution in [3.8, 4) is 11.5 Å². The Morgan fingerprint density at radius 3 is 2.39 bits per heavy atom. The number of thiazole rings is 1. The van der Waals surface area contributed by atoms with Gasteiger partial charge in [0.1, 0.15) is 11.5 Å². The van der Waals surface area contributed by atoms with Gasteiger partial charge in [-0.3, -0.25) is 4.79 Å². The van der Waals surface area contributed by atoms with E-state index in [0.29, 0.717) is 36.7 Å².